The molecule has 1 N–H and O–H groups in total. The van der Waals surface area contributed by atoms with Crippen LogP contribution in [0.2, 0.25) is 0 Å². The molecule has 1 aliphatic rings. The van der Waals surface area contributed by atoms with Crippen LogP contribution in [-0.2, 0) is 7.05 Å². The summed E-state index contributed by atoms with van der Waals surface area (Å²) in [7, 11) is 3.99. The van der Waals surface area contributed by atoms with Gasteiger partial charge in [-0.15, -0.1) is 0 Å². The maximum absolute atomic E-state index is 12.6. The second-order valence-electron chi connectivity index (χ2n) is 5.58. The lowest BCUT2D eigenvalue weighted by Gasteiger charge is -2.39. The maximum atomic E-state index is 12.6. The Balaban J connectivity index is 1.81. The van der Waals surface area contributed by atoms with Gasteiger partial charge in [0.1, 0.15) is 11.6 Å². The van der Waals surface area contributed by atoms with Gasteiger partial charge in [-0.1, -0.05) is 0 Å². The molecule has 1 atom stereocenters. The number of hydrogen-bond acceptors (Lipinski definition) is 5. The molecular weight excluding hydrogens is 282 g/mol. The number of carbonyl (C=O) groups is 1. The number of aromatic hydroxyl groups is 1. The summed E-state index contributed by atoms with van der Waals surface area (Å²) >= 11 is 0. The second-order valence-corrected chi connectivity index (χ2v) is 5.58. The number of imidazole rings is 1. The van der Waals surface area contributed by atoms with E-state index in [4.69, 9.17) is 0 Å². The lowest BCUT2D eigenvalue weighted by molar-refractivity contribution is 0.0528. The maximum Gasteiger partial charge on any atom is 0.255 e. The summed E-state index contributed by atoms with van der Waals surface area (Å²) in [6.07, 6.45) is 6.47. The first-order chi connectivity index (χ1) is 10.6. The number of likely N-dealkylation sites (N-methyl/N-ethyl adjacent to an activating group) is 1. The van der Waals surface area contributed by atoms with E-state index >= 15 is 0 Å². The van der Waals surface area contributed by atoms with Gasteiger partial charge in [-0.05, 0) is 13.1 Å². The monoisotopic (exact) mass is 301 g/mol. The molecule has 0 unspecified atom stereocenters. The zero-order valence-electron chi connectivity index (χ0n) is 12.7. The van der Waals surface area contributed by atoms with Crippen LogP contribution >= 0.6 is 0 Å². The normalized spacial score (nSPS) is 19.4. The van der Waals surface area contributed by atoms with Crippen LogP contribution in [0.25, 0.3) is 0 Å². The van der Waals surface area contributed by atoms with Gasteiger partial charge in [0.2, 0.25) is 0 Å². The molecule has 1 amide bonds. The summed E-state index contributed by atoms with van der Waals surface area (Å²) in [6, 6.07) is 1.51. The SMILES string of the molecule is CN1CCN(C(=O)c2cncc(O)c2)C[C@H]1c1nccn1C. The fourth-order valence-corrected chi connectivity index (χ4v) is 2.76. The van der Waals surface area contributed by atoms with Crippen molar-refractivity contribution in [2.45, 2.75) is 6.04 Å². The zero-order chi connectivity index (χ0) is 15.7. The van der Waals surface area contributed by atoms with Crippen LogP contribution in [0, 0.1) is 0 Å². The second kappa shape index (κ2) is 5.76. The van der Waals surface area contributed by atoms with Crippen LogP contribution in [0.3, 0.4) is 0 Å². The van der Waals surface area contributed by atoms with Crippen molar-refractivity contribution in [1.29, 1.82) is 0 Å². The molecular formula is C15H19N5O2. The Hall–Kier alpha value is -2.41. The minimum atomic E-state index is -0.115. The standard InChI is InChI=1S/C15H19N5O2/c1-18-5-6-20(10-13(18)14-17-3-4-19(14)2)15(22)11-7-12(21)9-16-8-11/h3-4,7-9,13,21H,5-6,10H2,1-2H3/t13-/m0/s1. The highest BCUT2D eigenvalue weighted by Crippen LogP contribution is 2.23. The van der Waals surface area contributed by atoms with E-state index in [-0.39, 0.29) is 17.7 Å². The highest BCUT2D eigenvalue weighted by atomic mass is 16.3. The van der Waals surface area contributed by atoms with Gasteiger partial charge >= 0.3 is 0 Å². The molecule has 22 heavy (non-hydrogen) atoms. The Bertz CT molecular complexity index is 684. The molecule has 0 saturated carbocycles. The number of nitrogens with zero attached hydrogens (tertiary/aromatic N) is 5. The van der Waals surface area contributed by atoms with E-state index in [1.54, 1.807) is 11.1 Å². The highest BCUT2D eigenvalue weighted by molar-refractivity contribution is 5.94. The van der Waals surface area contributed by atoms with Crippen LogP contribution in [0.5, 0.6) is 5.75 Å². The Morgan fingerprint density at radius 1 is 1.32 bits per heavy atom. The molecule has 2 aromatic rings. The van der Waals surface area contributed by atoms with Crippen molar-refractivity contribution in [3.8, 4) is 5.75 Å². The third-order valence-corrected chi connectivity index (χ3v) is 4.06. The summed E-state index contributed by atoms with van der Waals surface area (Å²) in [6.45, 7) is 1.98. The average molecular weight is 301 g/mol. The lowest BCUT2D eigenvalue weighted by atomic mass is 10.1. The minimum Gasteiger partial charge on any atom is -0.506 e. The van der Waals surface area contributed by atoms with Crippen LogP contribution < -0.4 is 0 Å². The summed E-state index contributed by atoms with van der Waals surface area (Å²) in [5.41, 5.74) is 0.406. The number of pyridine rings is 1. The number of amides is 1. The molecule has 1 saturated heterocycles. The molecule has 7 nitrogen and oxygen atoms in total. The molecule has 1 fully saturated rings. The lowest BCUT2D eigenvalue weighted by Crippen LogP contribution is -2.49. The van der Waals surface area contributed by atoms with Crippen LogP contribution in [-0.4, -0.2) is 62.0 Å². The van der Waals surface area contributed by atoms with E-state index in [0.29, 0.717) is 18.7 Å². The van der Waals surface area contributed by atoms with Crippen LogP contribution in [0.1, 0.15) is 22.2 Å². The number of hydrogen-bond donors (Lipinski definition) is 1. The van der Waals surface area contributed by atoms with Gasteiger partial charge in [0.05, 0.1) is 17.8 Å². The topological polar surface area (TPSA) is 74.5 Å². The van der Waals surface area contributed by atoms with E-state index in [0.717, 1.165) is 12.4 Å². The smallest absolute Gasteiger partial charge is 0.255 e. The largest absolute Gasteiger partial charge is 0.506 e. The van der Waals surface area contributed by atoms with Crippen molar-refractivity contribution in [1.82, 2.24) is 24.3 Å². The van der Waals surface area contributed by atoms with Crippen LogP contribution in [0.15, 0.2) is 30.9 Å². The van der Waals surface area contributed by atoms with Crippen molar-refractivity contribution >= 4 is 5.91 Å². The van der Waals surface area contributed by atoms with E-state index < -0.39 is 0 Å². The molecule has 0 aliphatic carbocycles. The molecule has 7 heteroatoms. The molecule has 2 aromatic heterocycles. The van der Waals surface area contributed by atoms with Crippen molar-refractivity contribution < 1.29 is 9.90 Å². The Morgan fingerprint density at radius 3 is 2.82 bits per heavy atom. The highest BCUT2D eigenvalue weighted by Gasteiger charge is 2.31. The van der Waals surface area contributed by atoms with Gasteiger partial charge in [-0.25, -0.2) is 4.98 Å². The number of aromatic nitrogens is 3. The number of carbonyl (C=O) groups excluding carboxylic acids is 1. The summed E-state index contributed by atoms with van der Waals surface area (Å²) < 4.78 is 1.98. The van der Waals surface area contributed by atoms with E-state index in [1.807, 2.05) is 24.9 Å². The Kier molecular flexibility index (Phi) is 3.81. The Morgan fingerprint density at radius 2 is 2.14 bits per heavy atom. The van der Waals surface area contributed by atoms with E-state index in [1.165, 1.54) is 18.5 Å². The molecule has 1 aliphatic heterocycles. The first kappa shape index (κ1) is 14.5. The molecule has 0 bridgehead atoms. The average Bonchev–Trinajstić information content (AvgIpc) is 2.93. The molecule has 0 spiro atoms. The quantitative estimate of drug-likeness (QED) is 0.881. The van der Waals surface area contributed by atoms with Gasteiger partial charge < -0.3 is 14.6 Å². The number of rotatable bonds is 2. The summed E-state index contributed by atoms with van der Waals surface area (Å²) in [5.74, 6) is 0.824. The molecule has 3 rings (SSSR count). The van der Waals surface area contributed by atoms with Gasteiger partial charge in [0.15, 0.2) is 0 Å². The van der Waals surface area contributed by atoms with E-state index in [2.05, 4.69) is 14.9 Å². The summed E-state index contributed by atoms with van der Waals surface area (Å²) in [4.78, 5) is 24.9. The molecule has 3 heterocycles. The van der Waals surface area contributed by atoms with Crippen LogP contribution in [0.4, 0.5) is 0 Å². The molecule has 0 aromatic carbocycles. The molecule has 116 valence electrons. The third-order valence-electron chi connectivity index (χ3n) is 4.06. The third kappa shape index (κ3) is 2.67. The predicted molar refractivity (Wildman–Crippen MR) is 80.4 cm³/mol. The number of aryl methyl sites for hydroxylation is 1. The first-order valence-electron chi connectivity index (χ1n) is 7.17. The van der Waals surface area contributed by atoms with Gasteiger partial charge in [-0.3, -0.25) is 14.7 Å². The van der Waals surface area contributed by atoms with Crippen molar-refractivity contribution in [3.63, 3.8) is 0 Å². The zero-order valence-corrected chi connectivity index (χ0v) is 12.7. The van der Waals surface area contributed by atoms with Crippen molar-refractivity contribution in [2.24, 2.45) is 7.05 Å². The van der Waals surface area contributed by atoms with Gasteiger partial charge in [0.25, 0.3) is 5.91 Å². The first-order valence-corrected chi connectivity index (χ1v) is 7.17. The van der Waals surface area contributed by atoms with Crippen molar-refractivity contribution in [2.75, 3.05) is 26.7 Å². The Labute approximate surface area is 128 Å². The molecule has 0 radical (unpaired) electrons. The fraction of sp³-hybridized carbons (Fsp3) is 0.400. The van der Waals surface area contributed by atoms with Gasteiger partial charge in [0, 0.05) is 45.3 Å². The number of piperazine rings is 1. The fourth-order valence-electron chi connectivity index (χ4n) is 2.76. The van der Waals surface area contributed by atoms with Gasteiger partial charge in [-0.2, -0.15) is 0 Å². The van der Waals surface area contributed by atoms with E-state index in [9.17, 15) is 9.90 Å². The van der Waals surface area contributed by atoms with Crippen molar-refractivity contribution in [3.05, 3.63) is 42.2 Å². The minimum absolute atomic E-state index is 0.000582. The summed E-state index contributed by atoms with van der Waals surface area (Å²) in [5, 5.41) is 9.49. The predicted octanol–water partition coefficient (Wildman–Crippen LogP) is 0.650.